The summed E-state index contributed by atoms with van der Waals surface area (Å²) in [5, 5.41) is 25.3. The first-order chi connectivity index (χ1) is 27.3. The SMILES string of the molecule is Cn1c(=O)n(C2CCC(=O)NC2=O)c2cccc(C#CCCCNC[C@H]3CC[C@H](n4cc5cc(NC(=O)c6cccc(C(F)F)n6)c(C(C)(C)O)cc5n4)CC3)c21. The monoisotopic (exact) mass is 780 g/mol. The zero-order valence-electron chi connectivity index (χ0n) is 32.1. The second kappa shape index (κ2) is 16.4. The number of imide groups is 1. The number of hydrogen-bond acceptors (Lipinski definition) is 8. The van der Waals surface area contributed by atoms with Gasteiger partial charge in [0.15, 0.2) is 0 Å². The Labute approximate surface area is 327 Å². The van der Waals surface area contributed by atoms with Crippen LogP contribution in [-0.2, 0) is 22.2 Å². The molecule has 4 N–H and O–H groups in total. The van der Waals surface area contributed by atoms with Gasteiger partial charge in [0.2, 0.25) is 11.8 Å². The maximum Gasteiger partial charge on any atom is 0.329 e. The van der Waals surface area contributed by atoms with Crippen LogP contribution >= 0.6 is 0 Å². The lowest BCUT2D eigenvalue weighted by atomic mass is 9.86. The van der Waals surface area contributed by atoms with Gasteiger partial charge in [0, 0.05) is 42.7 Å². The number of aromatic nitrogens is 5. The molecule has 0 bridgehead atoms. The van der Waals surface area contributed by atoms with Crippen LogP contribution in [-0.4, -0.2) is 59.8 Å². The van der Waals surface area contributed by atoms with E-state index in [4.69, 9.17) is 5.10 Å². The van der Waals surface area contributed by atoms with Crippen LogP contribution in [0.3, 0.4) is 0 Å². The number of piperidine rings is 1. The second-order valence-electron chi connectivity index (χ2n) is 15.5. The van der Waals surface area contributed by atoms with Gasteiger partial charge in [-0.3, -0.25) is 33.5 Å². The number of amides is 3. The summed E-state index contributed by atoms with van der Waals surface area (Å²) in [5.74, 6) is 5.55. The van der Waals surface area contributed by atoms with Gasteiger partial charge >= 0.3 is 5.69 Å². The number of nitrogens with zero attached hydrogens (tertiary/aromatic N) is 5. The lowest BCUT2D eigenvalue weighted by Gasteiger charge is -2.28. The number of unbranched alkanes of at least 4 members (excludes halogenated alkanes) is 1. The average Bonchev–Trinajstić information content (AvgIpc) is 3.71. The molecule has 4 heterocycles. The van der Waals surface area contributed by atoms with Crippen molar-refractivity contribution in [2.24, 2.45) is 13.0 Å². The van der Waals surface area contributed by atoms with E-state index in [1.54, 1.807) is 39.1 Å². The number of para-hydroxylation sites is 1. The van der Waals surface area contributed by atoms with Gasteiger partial charge in [-0.25, -0.2) is 18.6 Å². The Balaban J connectivity index is 0.909. The molecule has 1 saturated heterocycles. The third-order valence-electron chi connectivity index (χ3n) is 10.9. The molecule has 1 unspecified atom stereocenters. The first kappa shape index (κ1) is 39.5. The number of anilines is 1. The minimum absolute atomic E-state index is 0.147. The number of pyridine rings is 1. The molecule has 13 nitrogen and oxygen atoms in total. The van der Waals surface area contributed by atoms with Crippen LogP contribution in [0.1, 0.15) is 111 Å². The number of hydrogen-bond donors (Lipinski definition) is 4. The van der Waals surface area contributed by atoms with Gasteiger partial charge in [0.05, 0.1) is 33.8 Å². The highest BCUT2D eigenvalue weighted by atomic mass is 19.3. The summed E-state index contributed by atoms with van der Waals surface area (Å²) < 4.78 is 31.4. The Morgan fingerprint density at radius 3 is 2.58 bits per heavy atom. The van der Waals surface area contributed by atoms with Gasteiger partial charge in [-0.15, -0.1) is 0 Å². The van der Waals surface area contributed by atoms with Crippen molar-refractivity contribution in [2.45, 2.75) is 89.3 Å². The standard InChI is InChI=1S/C42H46F2N8O5/c1-42(2,57)29-22-32-27(21-33(29)47-39(54)31-12-8-11-30(46-31)38(43)44)24-51(49-32)28-16-14-25(15-17-28)23-45-20-6-4-5-9-26-10-7-13-34-37(26)50(3)41(56)52(34)35-18-19-36(53)48-40(35)55/h7-8,10-13,21-22,24-25,28,35,38,45,57H,4,6,14-20,23H2,1-3H3,(H,47,54)(H,48,53,55)/t25-,28-,35?. The number of rotatable bonds is 11. The average molecular weight is 781 g/mol. The number of nitrogens with one attached hydrogen (secondary N) is 3. The van der Waals surface area contributed by atoms with E-state index in [1.165, 1.54) is 27.3 Å². The first-order valence-electron chi connectivity index (χ1n) is 19.3. The van der Waals surface area contributed by atoms with Crippen molar-refractivity contribution in [2.75, 3.05) is 18.4 Å². The number of aliphatic hydroxyl groups is 1. The molecule has 1 aliphatic carbocycles. The van der Waals surface area contributed by atoms with E-state index in [0.29, 0.717) is 45.7 Å². The van der Waals surface area contributed by atoms with E-state index in [9.17, 15) is 33.1 Å². The summed E-state index contributed by atoms with van der Waals surface area (Å²) in [6.07, 6.45) is 5.13. The summed E-state index contributed by atoms with van der Waals surface area (Å²) in [6.45, 7) is 4.95. The van der Waals surface area contributed by atoms with Gasteiger partial charge < -0.3 is 15.7 Å². The fourth-order valence-electron chi connectivity index (χ4n) is 7.92. The van der Waals surface area contributed by atoms with Crippen LogP contribution in [0.25, 0.3) is 21.9 Å². The molecule has 7 rings (SSSR count). The zero-order valence-corrected chi connectivity index (χ0v) is 32.1. The lowest BCUT2D eigenvalue weighted by molar-refractivity contribution is -0.135. The van der Waals surface area contributed by atoms with Crippen molar-refractivity contribution >= 4 is 45.3 Å². The summed E-state index contributed by atoms with van der Waals surface area (Å²) >= 11 is 0. The number of carbonyl (C=O) groups is 3. The predicted octanol–water partition coefficient (Wildman–Crippen LogP) is 5.63. The molecule has 1 saturated carbocycles. The van der Waals surface area contributed by atoms with E-state index in [1.807, 2.05) is 23.0 Å². The number of carbonyl (C=O) groups excluding carboxylic acids is 3. The van der Waals surface area contributed by atoms with Gasteiger partial charge in [-0.2, -0.15) is 5.10 Å². The van der Waals surface area contributed by atoms with Crippen LogP contribution in [0.5, 0.6) is 0 Å². The summed E-state index contributed by atoms with van der Waals surface area (Å²) in [6, 6.07) is 12.4. The van der Waals surface area contributed by atoms with Crippen molar-refractivity contribution in [3.63, 3.8) is 0 Å². The molecule has 57 heavy (non-hydrogen) atoms. The molecule has 2 aromatic carbocycles. The van der Waals surface area contributed by atoms with Gasteiger partial charge in [0.25, 0.3) is 12.3 Å². The third-order valence-corrected chi connectivity index (χ3v) is 10.9. The number of imidazole rings is 1. The van der Waals surface area contributed by atoms with Gasteiger partial charge in [-0.05, 0) is 108 Å². The number of fused-ring (bicyclic) bond motifs is 2. The van der Waals surface area contributed by atoms with Gasteiger partial charge in [0.1, 0.15) is 17.4 Å². The molecule has 15 heteroatoms. The van der Waals surface area contributed by atoms with Crippen LogP contribution < -0.4 is 21.6 Å². The van der Waals surface area contributed by atoms with Crippen LogP contribution in [0, 0.1) is 17.8 Å². The van der Waals surface area contributed by atoms with E-state index in [2.05, 4.69) is 32.8 Å². The molecule has 2 aliphatic rings. The molecule has 1 aliphatic heterocycles. The Kier molecular flexibility index (Phi) is 11.4. The smallest absolute Gasteiger partial charge is 0.329 e. The van der Waals surface area contributed by atoms with Crippen molar-refractivity contribution < 1.29 is 28.3 Å². The van der Waals surface area contributed by atoms with Crippen LogP contribution in [0.15, 0.2) is 59.5 Å². The lowest BCUT2D eigenvalue weighted by Crippen LogP contribution is -2.44. The molecular weight excluding hydrogens is 735 g/mol. The van der Waals surface area contributed by atoms with E-state index >= 15 is 0 Å². The van der Waals surface area contributed by atoms with Crippen LogP contribution in [0.2, 0.25) is 0 Å². The molecule has 5 aromatic rings. The summed E-state index contributed by atoms with van der Waals surface area (Å²) in [4.78, 5) is 54.2. The Bertz CT molecular complexity index is 2460. The quantitative estimate of drug-likeness (QED) is 0.0761. The summed E-state index contributed by atoms with van der Waals surface area (Å²) in [5.41, 5.74) is 1.22. The molecular formula is C42H46F2N8O5. The maximum atomic E-state index is 13.2. The summed E-state index contributed by atoms with van der Waals surface area (Å²) in [7, 11) is 1.67. The Morgan fingerprint density at radius 2 is 1.84 bits per heavy atom. The molecule has 2 fully saturated rings. The van der Waals surface area contributed by atoms with E-state index in [0.717, 1.165) is 50.6 Å². The molecule has 3 aromatic heterocycles. The number of benzene rings is 2. The topological polar surface area (TPSA) is 165 Å². The van der Waals surface area contributed by atoms with E-state index < -0.39 is 35.6 Å². The van der Waals surface area contributed by atoms with Crippen molar-refractivity contribution in [3.8, 4) is 11.8 Å². The minimum atomic E-state index is -2.80. The van der Waals surface area contributed by atoms with Crippen LogP contribution in [0.4, 0.5) is 14.5 Å². The van der Waals surface area contributed by atoms with Gasteiger partial charge in [-0.1, -0.05) is 24.0 Å². The predicted molar refractivity (Wildman–Crippen MR) is 211 cm³/mol. The third kappa shape index (κ3) is 8.52. The highest BCUT2D eigenvalue weighted by molar-refractivity contribution is 6.04. The normalized spacial score (nSPS) is 18.8. The molecule has 3 amide bonds. The molecule has 0 spiro atoms. The Morgan fingerprint density at radius 1 is 1.07 bits per heavy atom. The fourth-order valence-corrected chi connectivity index (χ4v) is 7.92. The molecule has 1 atom stereocenters. The molecule has 0 radical (unpaired) electrons. The maximum absolute atomic E-state index is 13.2. The largest absolute Gasteiger partial charge is 0.386 e. The molecule has 298 valence electrons. The zero-order chi connectivity index (χ0) is 40.4. The van der Waals surface area contributed by atoms with Crippen molar-refractivity contribution in [1.29, 1.82) is 0 Å². The number of halogens is 2. The first-order valence-corrected chi connectivity index (χ1v) is 19.3. The Hall–Kier alpha value is -5.72. The van der Waals surface area contributed by atoms with Crippen molar-refractivity contribution in [1.82, 2.24) is 34.5 Å². The number of aryl methyl sites for hydroxylation is 1. The van der Waals surface area contributed by atoms with E-state index in [-0.39, 0.29) is 36.2 Å². The number of alkyl halides is 2. The highest BCUT2D eigenvalue weighted by Gasteiger charge is 2.32. The minimum Gasteiger partial charge on any atom is -0.386 e. The highest BCUT2D eigenvalue weighted by Crippen LogP contribution is 2.36. The van der Waals surface area contributed by atoms with Crippen molar-refractivity contribution in [3.05, 3.63) is 87.7 Å². The second-order valence-corrected chi connectivity index (χ2v) is 15.5. The fraction of sp³-hybridized carbons (Fsp3) is 0.429.